The molecule has 0 aromatic carbocycles. The summed E-state index contributed by atoms with van der Waals surface area (Å²) in [5.74, 6) is -0.878. The van der Waals surface area contributed by atoms with Crippen molar-refractivity contribution in [2.75, 3.05) is 13.2 Å². The van der Waals surface area contributed by atoms with Crippen molar-refractivity contribution in [2.45, 2.75) is 219 Å². The zero-order valence-electron chi connectivity index (χ0n) is 31.9. The number of carbonyl (C=O) groups is 2. The zero-order valence-corrected chi connectivity index (χ0v) is 32.8. The van der Waals surface area contributed by atoms with Crippen LogP contribution in [0.1, 0.15) is 213 Å². The summed E-state index contributed by atoms with van der Waals surface area (Å²) < 4.78 is 26.3. The molecule has 0 aromatic heterocycles. The standard InChI is InChI=1S/C40H77O8P/c1-3-5-7-9-11-13-15-17-18-19-20-21-22-23-25-27-29-31-33-35-40(42)48-38(37-47-49(43,44)45)36-46-39(41)34-32-30-28-26-24-16-14-12-10-8-6-4-2/h17-18,38H,3-16,19-37H2,1-2H3,(H2,43,44,45)/b18-17+/t38-/m1/s1. The largest absolute Gasteiger partial charge is 0.469 e. The third kappa shape index (κ3) is 39.4. The van der Waals surface area contributed by atoms with Crippen LogP contribution in [0.25, 0.3) is 0 Å². The second kappa shape index (κ2) is 36.6. The van der Waals surface area contributed by atoms with E-state index in [0.717, 1.165) is 38.5 Å². The molecule has 0 aromatic rings. The Morgan fingerprint density at radius 1 is 0.510 bits per heavy atom. The highest BCUT2D eigenvalue weighted by Crippen LogP contribution is 2.36. The van der Waals surface area contributed by atoms with E-state index in [9.17, 15) is 14.2 Å². The molecule has 0 saturated heterocycles. The lowest BCUT2D eigenvalue weighted by Crippen LogP contribution is -2.29. The van der Waals surface area contributed by atoms with Crippen LogP contribution in [0.5, 0.6) is 0 Å². The number of ether oxygens (including phenoxy) is 2. The Kier molecular flexibility index (Phi) is 35.7. The van der Waals surface area contributed by atoms with Crippen LogP contribution in [0.3, 0.4) is 0 Å². The van der Waals surface area contributed by atoms with E-state index < -0.39 is 32.5 Å². The summed E-state index contributed by atoms with van der Waals surface area (Å²) >= 11 is 0. The highest BCUT2D eigenvalue weighted by Gasteiger charge is 2.22. The molecule has 0 aliphatic heterocycles. The third-order valence-corrected chi connectivity index (χ3v) is 9.52. The molecule has 0 rings (SSSR count). The van der Waals surface area contributed by atoms with Gasteiger partial charge in [-0.3, -0.25) is 14.1 Å². The van der Waals surface area contributed by atoms with Gasteiger partial charge in [-0.2, -0.15) is 0 Å². The summed E-state index contributed by atoms with van der Waals surface area (Å²) in [6, 6.07) is 0. The molecule has 1 atom stereocenters. The van der Waals surface area contributed by atoms with E-state index in [2.05, 4.69) is 30.5 Å². The van der Waals surface area contributed by atoms with Gasteiger partial charge >= 0.3 is 19.8 Å². The Labute approximate surface area is 301 Å². The molecular formula is C40H77O8P. The van der Waals surface area contributed by atoms with E-state index in [0.29, 0.717) is 6.42 Å². The van der Waals surface area contributed by atoms with Crippen molar-refractivity contribution in [1.29, 1.82) is 0 Å². The molecule has 290 valence electrons. The highest BCUT2D eigenvalue weighted by atomic mass is 31.2. The molecule has 0 amide bonds. The lowest BCUT2D eigenvalue weighted by atomic mass is 10.0. The molecule has 0 unspecified atom stereocenters. The smallest absolute Gasteiger partial charge is 0.462 e. The van der Waals surface area contributed by atoms with Crippen LogP contribution >= 0.6 is 7.82 Å². The van der Waals surface area contributed by atoms with Crippen LogP contribution in [0.4, 0.5) is 0 Å². The molecule has 2 N–H and O–H groups in total. The number of hydrogen-bond donors (Lipinski definition) is 2. The second-order valence-corrected chi connectivity index (χ2v) is 15.2. The number of carbonyl (C=O) groups excluding carboxylic acids is 2. The van der Waals surface area contributed by atoms with Gasteiger partial charge in [-0.15, -0.1) is 0 Å². The third-order valence-electron chi connectivity index (χ3n) is 9.03. The van der Waals surface area contributed by atoms with Gasteiger partial charge in [0.25, 0.3) is 0 Å². The van der Waals surface area contributed by atoms with Crippen LogP contribution in [-0.4, -0.2) is 41.0 Å². The summed E-state index contributed by atoms with van der Waals surface area (Å²) in [7, 11) is -4.75. The number of allylic oxidation sites excluding steroid dienone is 2. The van der Waals surface area contributed by atoms with Gasteiger partial charge in [0.2, 0.25) is 0 Å². The van der Waals surface area contributed by atoms with Crippen LogP contribution < -0.4 is 0 Å². The molecule has 0 aliphatic carbocycles. The predicted molar refractivity (Wildman–Crippen MR) is 202 cm³/mol. The summed E-state index contributed by atoms with van der Waals surface area (Å²) in [5.41, 5.74) is 0. The van der Waals surface area contributed by atoms with E-state index in [-0.39, 0.29) is 19.4 Å². The highest BCUT2D eigenvalue weighted by molar-refractivity contribution is 7.46. The normalized spacial score (nSPS) is 12.5. The van der Waals surface area contributed by atoms with Gasteiger partial charge in [0, 0.05) is 12.8 Å². The van der Waals surface area contributed by atoms with Gasteiger partial charge < -0.3 is 19.3 Å². The Balaban J connectivity index is 3.88. The molecule has 0 spiro atoms. The first-order valence-corrected chi connectivity index (χ1v) is 22.0. The number of phosphoric acid groups is 1. The minimum atomic E-state index is -4.75. The Hall–Kier alpha value is -1.21. The lowest BCUT2D eigenvalue weighted by molar-refractivity contribution is -0.161. The molecule has 9 heteroatoms. The Morgan fingerprint density at radius 2 is 0.857 bits per heavy atom. The minimum absolute atomic E-state index is 0.214. The minimum Gasteiger partial charge on any atom is -0.462 e. The number of unbranched alkanes of at least 4 members (excludes halogenated alkanes) is 26. The molecular weight excluding hydrogens is 639 g/mol. The first kappa shape index (κ1) is 47.8. The van der Waals surface area contributed by atoms with Crippen LogP contribution in [-0.2, 0) is 28.2 Å². The summed E-state index contributed by atoms with van der Waals surface area (Å²) in [4.78, 5) is 42.7. The maximum Gasteiger partial charge on any atom is 0.469 e. The van der Waals surface area contributed by atoms with Gasteiger partial charge in [0.1, 0.15) is 6.61 Å². The average Bonchev–Trinajstić information content (AvgIpc) is 3.07. The topological polar surface area (TPSA) is 119 Å². The quantitative estimate of drug-likeness (QED) is 0.0280. The van der Waals surface area contributed by atoms with Crippen LogP contribution in [0, 0.1) is 0 Å². The molecule has 0 bridgehead atoms. The first-order chi connectivity index (χ1) is 23.8. The van der Waals surface area contributed by atoms with Crippen molar-refractivity contribution in [3.05, 3.63) is 12.2 Å². The number of esters is 2. The maximum atomic E-state index is 12.4. The van der Waals surface area contributed by atoms with Crippen molar-refractivity contribution < 1.29 is 37.9 Å². The first-order valence-electron chi connectivity index (χ1n) is 20.5. The van der Waals surface area contributed by atoms with Crippen molar-refractivity contribution in [3.8, 4) is 0 Å². The van der Waals surface area contributed by atoms with Gasteiger partial charge in [-0.25, -0.2) is 4.57 Å². The van der Waals surface area contributed by atoms with Crippen molar-refractivity contribution in [1.82, 2.24) is 0 Å². The molecule has 0 saturated carbocycles. The molecule has 49 heavy (non-hydrogen) atoms. The average molecular weight is 717 g/mol. The predicted octanol–water partition coefficient (Wildman–Crippen LogP) is 12.2. The summed E-state index contributed by atoms with van der Waals surface area (Å²) in [6.45, 7) is 3.69. The van der Waals surface area contributed by atoms with Crippen molar-refractivity contribution >= 4 is 19.8 Å². The Morgan fingerprint density at radius 3 is 1.24 bits per heavy atom. The Bertz CT molecular complexity index is 812. The van der Waals surface area contributed by atoms with Crippen molar-refractivity contribution in [3.63, 3.8) is 0 Å². The monoisotopic (exact) mass is 717 g/mol. The van der Waals surface area contributed by atoms with E-state index in [1.807, 2.05) is 0 Å². The lowest BCUT2D eigenvalue weighted by Gasteiger charge is -2.18. The zero-order chi connectivity index (χ0) is 36.1. The SMILES string of the molecule is CCCCCCCC/C=C/CCCCCCCCCCCC(=O)O[C@H](COC(=O)CCCCCCCCCCCCCC)COP(=O)(O)O. The summed E-state index contributed by atoms with van der Waals surface area (Å²) in [6.07, 6.45) is 39.3. The van der Waals surface area contributed by atoms with Crippen molar-refractivity contribution in [2.24, 2.45) is 0 Å². The number of rotatable bonds is 38. The van der Waals surface area contributed by atoms with E-state index >= 15 is 0 Å². The molecule has 0 radical (unpaired) electrons. The molecule has 0 fully saturated rings. The van der Waals surface area contributed by atoms with Gasteiger partial charge in [0.15, 0.2) is 6.10 Å². The van der Waals surface area contributed by atoms with Gasteiger partial charge in [-0.05, 0) is 38.5 Å². The van der Waals surface area contributed by atoms with E-state index in [4.69, 9.17) is 19.3 Å². The number of hydrogen-bond acceptors (Lipinski definition) is 6. The van der Waals surface area contributed by atoms with Crippen LogP contribution in [0.2, 0.25) is 0 Å². The fourth-order valence-corrected chi connectivity index (χ4v) is 6.32. The number of phosphoric ester groups is 1. The molecule has 0 aliphatic rings. The fourth-order valence-electron chi connectivity index (χ4n) is 5.96. The van der Waals surface area contributed by atoms with E-state index in [1.54, 1.807) is 0 Å². The molecule has 8 nitrogen and oxygen atoms in total. The van der Waals surface area contributed by atoms with Gasteiger partial charge in [-0.1, -0.05) is 174 Å². The maximum absolute atomic E-state index is 12.4. The molecule has 0 heterocycles. The van der Waals surface area contributed by atoms with E-state index in [1.165, 1.54) is 141 Å². The van der Waals surface area contributed by atoms with Crippen LogP contribution in [0.15, 0.2) is 12.2 Å². The fraction of sp³-hybridized carbons (Fsp3) is 0.900. The summed E-state index contributed by atoms with van der Waals surface area (Å²) in [5, 5.41) is 0. The second-order valence-electron chi connectivity index (χ2n) is 14.0. The van der Waals surface area contributed by atoms with Gasteiger partial charge in [0.05, 0.1) is 6.61 Å².